The Kier molecular flexibility index (Phi) is 5.53. The van der Waals surface area contributed by atoms with Gasteiger partial charge in [0.25, 0.3) is 0 Å². The van der Waals surface area contributed by atoms with Crippen LogP contribution in [-0.2, 0) is 15.0 Å². The van der Waals surface area contributed by atoms with E-state index in [0.29, 0.717) is 6.42 Å². The van der Waals surface area contributed by atoms with Gasteiger partial charge in [-0.05, 0) is 23.5 Å². The third-order valence-electron chi connectivity index (χ3n) is 3.57. The van der Waals surface area contributed by atoms with Crippen LogP contribution in [0.4, 0.5) is 5.69 Å². The average Bonchev–Trinajstić information content (AvgIpc) is 2.37. The predicted octanol–water partition coefficient (Wildman–Crippen LogP) is 3.67. The van der Waals surface area contributed by atoms with Gasteiger partial charge in [-0.1, -0.05) is 52.8 Å². The maximum absolute atomic E-state index is 12.2. The zero-order valence-corrected chi connectivity index (χ0v) is 13.4. The van der Waals surface area contributed by atoms with Gasteiger partial charge in [0.05, 0.1) is 5.92 Å². The number of amides is 1. The molecular weight excluding hydrogens is 266 g/mol. The SMILES string of the molecule is C[C@H](C[C@H](C)C(=O)Nc1ccccc1C(C)(C)C)C(=O)O. The van der Waals surface area contributed by atoms with Crippen molar-refractivity contribution in [3.63, 3.8) is 0 Å². The predicted molar refractivity (Wildman–Crippen MR) is 84.4 cm³/mol. The van der Waals surface area contributed by atoms with Gasteiger partial charge in [-0.25, -0.2) is 0 Å². The minimum absolute atomic E-state index is 0.0680. The molecule has 0 fully saturated rings. The quantitative estimate of drug-likeness (QED) is 0.870. The molecule has 0 bridgehead atoms. The lowest BCUT2D eigenvalue weighted by atomic mass is 9.85. The van der Waals surface area contributed by atoms with Crippen molar-refractivity contribution in [2.24, 2.45) is 11.8 Å². The highest BCUT2D eigenvalue weighted by molar-refractivity contribution is 5.93. The van der Waals surface area contributed by atoms with Crippen LogP contribution in [0.15, 0.2) is 24.3 Å². The van der Waals surface area contributed by atoms with E-state index in [9.17, 15) is 9.59 Å². The van der Waals surface area contributed by atoms with E-state index in [1.807, 2.05) is 24.3 Å². The largest absolute Gasteiger partial charge is 0.481 e. The lowest BCUT2D eigenvalue weighted by Gasteiger charge is -2.24. The number of aliphatic carboxylic acids is 1. The first-order valence-electron chi connectivity index (χ1n) is 7.26. The second kappa shape index (κ2) is 6.74. The molecule has 0 unspecified atom stereocenters. The first kappa shape index (κ1) is 17.2. The molecule has 21 heavy (non-hydrogen) atoms. The van der Waals surface area contributed by atoms with Gasteiger partial charge in [0, 0.05) is 11.6 Å². The van der Waals surface area contributed by atoms with E-state index in [0.717, 1.165) is 11.3 Å². The third kappa shape index (κ3) is 4.88. The smallest absolute Gasteiger partial charge is 0.306 e. The highest BCUT2D eigenvalue weighted by atomic mass is 16.4. The van der Waals surface area contributed by atoms with Gasteiger partial charge >= 0.3 is 5.97 Å². The Hall–Kier alpha value is -1.84. The topological polar surface area (TPSA) is 66.4 Å². The Bertz CT molecular complexity index is 517. The van der Waals surface area contributed by atoms with Gasteiger partial charge < -0.3 is 10.4 Å². The molecule has 0 radical (unpaired) electrons. The fourth-order valence-corrected chi connectivity index (χ4v) is 2.24. The number of hydrogen-bond acceptors (Lipinski definition) is 2. The number of anilines is 1. The summed E-state index contributed by atoms with van der Waals surface area (Å²) in [5, 5.41) is 11.9. The Balaban J connectivity index is 2.82. The normalized spacial score (nSPS) is 14.3. The van der Waals surface area contributed by atoms with E-state index in [1.54, 1.807) is 13.8 Å². The summed E-state index contributed by atoms with van der Waals surface area (Å²) in [6, 6.07) is 7.72. The lowest BCUT2D eigenvalue weighted by molar-refractivity contribution is -0.141. The zero-order valence-electron chi connectivity index (χ0n) is 13.4. The molecule has 0 heterocycles. The van der Waals surface area contributed by atoms with Crippen LogP contribution in [0.3, 0.4) is 0 Å². The molecule has 1 aromatic carbocycles. The number of para-hydroxylation sites is 1. The Morgan fingerprint density at radius 1 is 1.14 bits per heavy atom. The molecule has 0 aliphatic heterocycles. The van der Waals surface area contributed by atoms with Crippen molar-refractivity contribution in [3.8, 4) is 0 Å². The molecule has 1 aromatic rings. The van der Waals surface area contributed by atoms with Crippen molar-refractivity contribution in [3.05, 3.63) is 29.8 Å². The molecule has 1 rings (SSSR count). The zero-order chi connectivity index (χ0) is 16.2. The minimum atomic E-state index is -0.871. The molecule has 4 nitrogen and oxygen atoms in total. The Labute approximate surface area is 126 Å². The summed E-state index contributed by atoms with van der Waals surface area (Å²) in [6.45, 7) is 9.65. The van der Waals surface area contributed by atoms with Crippen molar-refractivity contribution >= 4 is 17.6 Å². The number of carboxylic acids is 1. The molecule has 0 aliphatic carbocycles. The van der Waals surface area contributed by atoms with E-state index in [-0.39, 0.29) is 17.2 Å². The summed E-state index contributed by atoms with van der Waals surface area (Å²) >= 11 is 0. The summed E-state index contributed by atoms with van der Waals surface area (Å²) in [7, 11) is 0. The van der Waals surface area contributed by atoms with Crippen LogP contribution in [-0.4, -0.2) is 17.0 Å². The fraction of sp³-hybridized carbons (Fsp3) is 0.529. The van der Waals surface area contributed by atoms with Crippen molar-refractivity contribution < 1.29 is 14.7 Å². The van der Waals surface area contributed by atoms with Gasteiger partial charge in [0.1, 0.15) is 0 Å². The molecule has 0 saturated carbocycles. The van der Waals surface area contributed by atoms with Crippen molar-refractivity contribution in [1.29, 1.82) is 0 Å². The molecule has 4 heteroatoms. The lowest BCUT2D eigenvalue weighted by Crippen LogP contribution is -2.26. The molecular formula is C17H25NO3. The van der Waals surface area contributed by atoms with E-state index in [1.165, 1.54) is 0 Å². The van der Waals surface area contributed by atoms with Gasteiger partial charge in [-0.15, -0.1) is 0 Å². The monoisotopic (exact) mass is 291 g/mol. The van der Waals surface area contributed by atoms with E-state index in [4.69, 9.17) is 5.11 Å². The summed E-state index contributed by atoms with van der Waals surface area (Å²) in [4.78, 5) is 23.1. The summed E-state index contributed by atoms with van der Waals surface area (Å²) in [6.07, 6.45) is 0.332. The first-order valence-corrected chi connectivity index (χ1v) is 7.26. The molecule has 0 aliphatic rings. The summed E-state index contributed by atoms with van der Waals surface area (Å²) < 4.78 is 0. The Morgan fingerprint density at radius 3 is 2.24 bits per heavy atom. The second-order valence-electron chi connectivity index (χ2n) is 6.66. The fourth-order valence-electron chi connectivity index (χ4n) is 2.24. The van der Waals surface area contributed by atoms with Crippen LogP contribution < -0.4 is 5.32 Å². The molecule has 116 valence electrons. The molecule has 1 amide bonds. The Morgan fingerprint density at radius 2 is 1.71 bits per heavy atom. The maximum atomic E-state index is 12.2. The van der Waals surface area contributed by atoms with Crippen LogP contribution >= 0.6 is 0 Å². The highest BCUT2D eigenvalue weighted by Crippen LogP contribution is 2.29. The number of rotatable bonds is 5. The third-order valence-corrected chi connectivity index (χ3v) is 3.57. The number of carbonyl (C=O) groups excluding carboxylic acids is 1. The minimum Gasteiger partial charge on any atom is -0.481 e. The van der Waals surface area contributed by atoms with E-state index in [2.05, 4.69) is 26.1 Å². The van der Waals surface area contributed by atoms with Crippen LogP contribution in [0.5, 0.6) is 0 Å². The van der Waals surface area contributed by atoms with Crippen molar-refractivity contribution in [2.75, 3.05) is 5.32 Å². The van der Waals surface area contributed by atoms with Gasteiger partial charge in [-0.3, -0.25) is 9.59 Å². The number of benzene rings is 1. The molecule has 0 spiro atoms. The number of carbonyl (C=O) groups is 2. The molecule has 0 saturated heterocycles. The summed E-state index contributed by atoms with van der Waals surface area (Å²) in [5.41, 5.74) is 1.79. The van der Waals surface area contributed by atoms with Crippen molar-refractivity contribution in [2.45, 2.75) is 46.5 Å². The standard InChI is InChI=1S/C17H25NO3/c1-11(10-12(2)16(20)21)15(19)18-14-9-7-6-8-13(14)17(3,4)5/h6-9,11-12H,10H2,1-5H3,(H,18,19)(H,20,21)/t11-,12+/m0/s1. The molecule has 0 aromatic heterocycles. The van der Waals surface area contributed by atoms with Crippen LogP contribution in [0.25, 0.3) is 0 Å². The van der Waals surface area contributed by atoms with E-state index >= 15 is 0 Å². The number of nitrogens with one attached hydrogen (secondary N) is 1. The van der Waals surface area contributed by atoms with Crippen LogP contribution in [0.1, 0.15) is 46.6 Å². The maximum Gasteiger partial charge on any atom is 0.306 e. The van der Waals surface area contributed by atoms with Crippen LogP contribution in [0, 0.1) is 11.8 Å². The number of hydrogen-bond donors (Lipinski definition) is 2. The first-order chi connectivity index (χ1) is 9.62. The average molecular weight is 291 g/mol. The molecule has 2 N–H and O–H groups in total. The van der Waals surface area contributed by atoms with Crippen molar-refractivity contribution in [1.82, 2.24) is 0 Å². The van der Waals surface area contributed by atoms with Crippen LogP contribution in [0.2, 0.25) is 0 Å². The highest BCUT2D eigenvalue weighted by Gasteiger charge is 2.23. The van der Waals surface area contributed by atoms with Gasteiger partial charge in [0.2, 0.25) is 5.91 Å². The van der Waals surface area contributed by atoms with E-state index < -0.39 is 11.9 Å². The number of carboxylic acid groups (broad SMARTS) is 1. The van der Waals surface area contributed by atoms with Gasteiger partial charge in [-0.2, -0.15) is 0 Å². The summed E-state index contributed by atoms with van der Waals surface area (Å²) in [5.74, 6) is -1.88. The second-order valence-corrected chi connectivity index (χ2v) is 6.66. The van der Waals surface area contributed by atoms with Gasteiger partial charge in [0.15, 0.2) is 0 Å². The molecule has 2 atom stereocenters.